The summed E-state index contributed by atoms with van der Waals surface area (Å²) < 4.78 is 5.30. The number of aromatic nitrogens is 1. The molecule has 1 aromatic heterocycles. The zero-order valence-electron chi connectivity index (χ0n) is 11.2. The third-order valence-electron chi connectivity index (χ3n) is 3.57. The second kappa shape index (κ2) is 5.19. The molecule has 0 aromatic carbocycles. The van der Waals surface area contributed by atoms with Gasteiger partial charge in [0, 0.05) is 31.2 Å². The van der Waals surface area contributed by atoms with Crippen LogP contribution in [0.1, 0.15) is 32.2 Å². The molecule has 1 fully saturated rings. The number of rotatable bonds is 3. The Morgan fingerprint density at radius 1 is 1.59 bits per heavy atom. The lowest BCUT2D eigenvalue weighted by molar-refractivity contribution is 0.105. The van der Waals surface area contributed by atoms with E-state index in [-0.39, 0.29) is 0 Å². The number of hydrogen-bond acceptors (Lipinski definition) is 4. The third kappa shape index (κ3) is 3.07. The first-order valence-corrected chi connectivity index (χ1v) is 6.46. The Labute approximate surface area is 103 Å². The van der Waals surface area contributed by atoms with Crippen LogP contribution in [0.2, 0.25) is 0 Å². The molecule has 4 nitrogen and oxygen atoms in total. The van der Waals surface area contributed by atoms with Crippen molar-refractivity contribution in [3.63, 3.8) is 0 Å². The van der Waals surface area contributed by atoms with Crippen LogP contribution in [0.15, 0.2) is 10.6 Å². The fourth-order valence-electron chi connectivity index (χ4n) is 2.31. The maximum Gasteiger partial charge on any atom is 0.150 e. The maximum atomic E-state index is 5.30. The fourth-order valence-corrected chi connectivity index (χ4v) is 2.31. The minimum absolute atomic E-state index is 0.551. The quantitative estimate of drug-likeness (QED) is 0.870. The van der Waals surface area contributed by atoms with Crippen molar-refractivity contribution in [1.29, 1.82) is 0 Å². The third-order valence-corrected chi connectivity index (χ3v) is 3.57. The van der Waals surface area contributed by atoms with Crippen LogP contribution in [0.25, 0.3) is 0 Å². The average molecular weight is 237 g/mol. The fraction of sp³-hybridized carbons (Fsp3) is 0.769. The molecular formula is C13H23N3O. The van der Waals surface area contributed by atoms with Crippen molar-refractivity contribution in [2.45, 2.75) is 46.3 Å². The van der Waals surface area contributed by atoms with Crippen molar-refractivity contribution in [3.8, 4) is 0 Å². The topological polar surface area (TPSA) is 41.3 Å². The van der Waals surface area contributed by atoms with Crippen LogP contribution >= 0.6 is 0 Å². The highest BCUT2D eigenvalue weighted by Gasteiger charge is 2.27. The molecule has 96 valence electrons. The lowest BCUT2D eigenvalue weighted by atomic mass is 10.00. The molecule has 0 radical (unpaired) electrons. The van der Waals surface area contributed by atoms with Gasteiger partial charge in [-0.15, -0.1) is 0 Å². The van der Waals surface area contributed by atoms with E-state index in [1.54, 1.807) is 0 Å². The summed E-state index contributed by atoms with van der Waals surface area (Å²) in [5.41, 5.74) is 0.961. The first kappa shape index (κ1) is 12.6. The van der Waals surface area contributed by atoms with Crippen molar-refractivity contribution >= 4 is 0 Å². The number of nitrogens with one attached hydrogen (secondary N) is 1. The van der Waals surface area contributed by atoms with Crippen LogP contribution in [0.4, 0.5) is 0 Å². The van der Waals surface area contributed by atoms with Gasteiger partial charge in [-0.2, -0.15) is 0 Å². The molecule has 1 N–H and O–H groups in total. The van der Waals surface area contributed by atoms with Gasteiger partial charge >= 0.3 is 0 Å². The lowest BCUT2D eigenvalue weighted by Crippen LogP contribution is -2.56. The summed E-state index contributed by atoms with van der Waals surface area (Å²) in [5, 5.41) is 7.55. The molecule has 0 saturated carbocycles. The molecular weight excluding hydrogens is 214 g/mol. The van der Waals surface area contributed by atoms with Crippen molar-refractivity contribution in [1.82, 2.24) is 15.4 Å². The number of nitrogens with zero attached hydrogens (tertiary/aromatic N) is 2. The maximum absolute atomic E-state index is 5.30. The molecule has 2 heterocycles. The van der Waals surface area contributed by atoms with Gasteiger partial charge in [0.25, 0.3) is 0 Å². The van der Waals surface area contributed by atoms with Gasteiger partial charge in [0.1, 0.15) is 0 Å². The van der Waals surface area contributed by atoms with E-state index in [0.29, 0.717) is 18.0 Å². The lowest BCUT2D eigenvalue weighted by Gasteiger charge is -2.39. The molecule has 0 bridgehead atoms. The van der Waals surface area contributed by atoms with E-state index in [1.165, 1.54) is 0 Å². The second-order valence-electron chi connectivity index (χ2n) is 5.47. The molecule has 1 aliphatic heterocycles. The minimum Gasteiger partial charge on any atom is -0.360 e. The summed E-state index contributed by atoms with van der Waals surface area (Å²) in [6.07, 6.45) is 0. The van der Waals surface area contributed by atoms with E-state index in [4.69, 9.17) is 4.52 Å². The highest BCUT2D eigenvalue weighted by Crippen LogP contribution is 2.16. The van der Waals surface area contributed by atoms with E-state index in [1.807, 2.05) is 13.0 Å². The summed E-state index contributed by atoms with van der Waals surface area (Å²) in [6, 6.07) is 3.16. The Hall–Kier alpha value is -0.870. The van der Waals surface area contributed by atoms with Crippen LogP contribution in [-0.2, 0) is 6.54 Å². The van der Waals surface area contributed by atoms with Crippen molar-refractivity contribution < 1.29 is 4.52 Å². The standard InChI is InChI=1S/C13H23N3O/c1-9(2)13-8-16(11(4)6-14-13)7-12-5-10(3)15-17-12/h5,9,11,13-14H,6-8H2,1-4H3. The molecule has 0 spiro atoms. The Balaban J connectivity index is 1.98. The molecule has 2 unspecified atom stereocenters. The summed E-state index contributed by atoms with van der Waals surface area (Å²) in [7, 11) is 0. The highest BCUT2D eigenvalue weighted by molar-refractivity contribution is 5.03. The first-order valence-electron chi connectivity index (χ1n) is 6.46. The molecule has 1 saturated heterocycles. The second-order valence-corrected chi connectivity index (χ2v) is 5.47. The molecule has 2 rings (SSSR count). The molecule has 1 aromatic rings. The Bertz CT molecular complexity index is 361. The van der Waals surface area contributed by atoms with Crippen molar-refractivity contribution in [2.75, 3.05) is 13.1 Å². The van der Waals surface area contributed by atoms with Gasteiger partial charge in [0.2, 0.25) is 0 Å². The number of piperazine rings is 1. The van der Waals surface area contributed by atoms with Crippen LogP contribution < -0.4 is 5.32 Å². The predicted molar refractivity (Wildman–Crippen MR) is 67.7 cm³/mol. The van der Waals surface area contributed by atoms with Crippen molar-refractivity contribution in [2.24, 2.45) is 5.92 Å². The molecule has 4 heteroatoms. The Morgan fingerprint density at radius 3 is 2.94 bits per heavy atom. The minimum atomic E-state index is 0.551. The van der Waals surface area contributed by atoms with Gasteiger partial charge in [0.05, 0.1) is 12.2 Å². The van der Waals surface area contributed by atoms with E-state index in [2.05, 4.69) is 36.1 Å². The summed E-state index contributed by atoms with van der Waals surface area (Å²) >= 11 is 0. The zero-order valence-corrected chi connectivity index (χ0v) is 11.2. The van der Waals surface area contributed by atoms with Gasteiger partial charge in [-0.3, -0.25) is 4.90 Å². The van der Waals surface area contributed by atoms with Gasteiger partial charge < -0.3 is 9.84 Å². The van der Waals surface area contributed by atoms with E-state index in [9.17, 15) is 0 Å². The summed E-state index contributed by atoms with van der Waals surface area (Å²) in [4.78, 5) is 2.47. The van der Waals surface area contributed by atoms with Crippen LogP contribution in [0.5, 0.6) is 0 Å². The first-order chi connectivity index (χ1) is 8.06. The van der Waals surface area contributed by atoms with Crippen LogP contribution in [0, 0.1) is 12.8 Å². The van der Waals surface area contributed by atoms with E-state index < -0.39 is 0 Å². The summed E-state index contributed by atoms with van der Waals surface area (Å²) in [5.74, 6) is 1.64. The monoisotopic (exact) mass is 237 g/mol. The van der Waals surface area contributed by atoms with E-state index in [0.717, 1.165) is 31.1 Å². The number of hydrogen-bond donors (Lipinski definition) is 1. The van der Waals surface area contributed by atoms with Crippen LogP contribution in [-0.4, -0.2) is 35.2 Å². The molecule has 0 aliphatic carbocycles. The normalized spacial score (nSPS) is 26.6. The summed E-state index contributed by atoms with van der Waals surface area (Å²) in [6.45, 7) is 11.8. The van der Waals surface area contributed by atoms with Gasteiger partial charge in [-0.1, -0.05) is 19.0 Å². The largest absolute Gasteiger partial charge is 0.360 e. The highest BCUT2D eigenvalue weighted by atomic mass is 16.5. The number of aryl methyl sites for hydroxylation is 1. The molecule has 17 heavy (non-hydrogen) atoms. The molecule has 0 amide bonds. The van der Waals surface area contributed by atoms with E-state index >= 15 is 0 Å². The Morgan fingerprint density at radius 2 is 2.35 bits per heavy atom. The smallest absolute Gasteiger partial charge is 0.150 e. The predicted octanol–water partition coefficient (Wildman–Crippen LogP) is 1.80. The molecule has 1 aliphatic rings. The zero-order chi connectivity index (χ0) is 12.4. The van der Waals surface area contributed by atoms with Gasteiger partial charge in [0.15, 0.2) is 5.76 Å². The van der Waals surface area contributed by atoms with Gasteiger partial charge in [-0.25, -0.2) is 0 Å². The van der Waals surface area contributed by atoms with Crippen LogP contribution in [0.3, 0.4) is 0 Å². The average Bonchev–Trinajstić information content (AvgIpc) is 2.67. The van der Waals surface area contributed by atoms with Crippen molar-refractivity contribution in [3.05, 3.63) is 17.5 Å². The SMILES string of the molecule is Cc1cc(CN2CC(C(C)C)NCC2C)on1. The molecule has 2 atom stereocenters. The Kier molecular flexibility index (Phi) is 3.84. The van der Waals surface area contributed by atoms with Gasteiger partial charge in [-0.05, 0) is 19.8 Å².